The highest BCUT2D eigenvalue weighted by atomic mass is 16.7. The number of benzene rings is 1. The van der Waals surface area contributed by atoms with Gasteiger partial charge in [-0.05, 0) is 58.1 Å². The second-order valence-electron chi connectivity index (χ2n) is 9.05. The number of nitriles is 1. The Morgan fingerprint density at radius 3 is 2.39 bits per heavy atom. The van der Waals surface area contributed by atoms with Gasteiger partial charge in [-0.3, -0.25) is 0 Å². The third-order valence-electron chi connectivity index (χ3n) is 6.28. The lowest BCUT2D eigenvalue weighted by Gasteiger charge is -2.32. The Morgan fingerprint density at radius 1 is 1.21 bits per heavy atom. The van der Waals surface area contributed by atoms with Crippen molar-refractivity contribution in [2.45, 2.75) is 71.6 Å². The van der Waals surface area contributed by atoms with E-state index in [1.54, 1.807) is 12.1 Å². The van der Waals surface area contributed by atoms with Crippen molar-refractivity contribution >= 4 is 36.0 Å². The van der Waals surface area contributed by atoms with E-state index in [2.05, 4.69) is 40.5 Å². The van der Waals surface area contributed by atoms with Gasteiger partial charge in [0.2, 0.25) is 5.95 Å². The molecule has 2 aromatic rings. The average Bonchev–Trinajstić information content (AvgIpc) is 2.98. The first-order valence-corrected chi connectivity index (χ1v) is 11.0. The molecule has 3 rings (SSSR count). The number of nitrogens with one attached hydrogen (secondary N) is 2. The lowest BCUT2D eigenvalue weighted by molar-refractivity contribution is 0.00578. The highest BCUT2D eigenvalue weighted by Gasteiger charge is 2.52. The molecule has 0 atom stereocenters. The van der Waals surface area contributed by atoms with Crippen LogP contribution in [0.3, 0.4) is 0 Å². The summed E-state index contributed by atoms with van der Waals surface area (Å²) in [5.74, 6) is -0.404. The molecule has 0 unspecified atom stereocenters. The molecule has 2 heterocycles. The highest BCUT2D eigenvalue weighted by molar-refractivity contribution is 6.63. The Labute approximate surface area is 194 Å². The Hall–Kier alpha value is -3.16. The van der Waals surface area contributed by atoms with Gasteiger partial charge >= 0.3 is 13.1 Å². The van der Waals surface area contributed by atoms with Gasteiger partial charge in [0.25, 0.3) is 0 Å². The molecule has 10 heteroatoms. The Kier molecular flexibility index (Phi) is 6.96. The molecule has 0 aliphatic carbocycles. The largest absolute Gasteiger partial charge is 0.495 e. The number of rotatable bonds is 8. The number of aromatic nitrogens is 2. The number of anilines is 3. The standard InChI is InChI=1S/C23H30BN5O4/c1-7-15(8-2)27-19-14(12-25)13-26-21(29-19)28-16-9-10-18(17(11-16)20(30)31)24-32-22(3,4)23(5,6)33-24/h9-11,13,15H,7-8H2,1-6H3,(H,30,31)(H2,26,27,28,29). The molecule has 33 heavy (non-hydrogen) atoms. The summed E-state index contributed by atoms with van der Waals surface area (Å²) in [5, 5.41) is 25.5. The molecule has 1 aliphatic heterocycles. The fraction of sp³-hybridized carbons (Fsp3) is 0.478. The predicted molar refractivity (Wildman–Crippen MR) is 127 cm³/mol. The van der Waals surface area contributed by atoms with Crippen LogP contribution in [-0.2, 0) is 9.31 Å². The van der Waals surface area contributed by atoms with Crippen molar-refractivity contribution in [2.75, 3.05) is 10.6 Å². The number of hydrogen-bond acceptors (Lipinski definition) is 8. The number of carboxylic acid groups (broad SMARTS) is 1. The van der Waals surface area contributed by atoms with Gasteiger partial charge in [-0.2, -0.15) is 10.2 Å². The van der Waals surface area contributed by atoms with Crippen molar-refractivity contribution < 1.29 is 19.2 Å². The van der Waals surface area contributed by atoms with Gasteiger partial charge in [0.05, 0.1) is 23.0 Å². The lowest BCUT2D eigenvalue weighted by Crippen LogP contribution is -2.41. The van der Waals surface area contributed by atoms with Crippen LogP contribution in [0.4, 0.5) is 17.5 Å². The van der Waals surface area contributed by atoms with Gasteiger partial charge in [0, 0.05) is 11.7 Å². The zero-order valence-corrected chi connectivity index (χ0v) is 19.9. The first kappa shape index (κ1) is 24.5. The van der Waals surface area contributed by atoms with E-state index < -0.39 is 24.3 Å². The average molecular weight is 451 g/mol. The second-order valence-corrected chi connectivity index (χ2v) is 9.05. The molecule has 9 nitrogen and oxygen atoms in total. The number of hydrogen-bond donors (Lipinski definition) is 3. The predicted octanol–water partition coefficient (Wildman–Crippen LogP) is 3.69. The van der Waals surface area contributed by atoms with Gasteiger partial charge in [-0.15, -0.1) is 0 Å². The normalized spacial score (nSPS) is 16.5. The Balaban J connectivity index is 1.89. The first-order valence-electron chi connectivity index (χ1n) is 11.0. The van der Waals surface area contributed by atoms with Gasteiger partial charge in [-0.25, -0.2) is 9.78 Å². The number of carbonyl (C=O) groups is 1. The maximum Gasteiger partial charge on any atom is 0.495 e. The van der Waals surface area contributed by atoms with Gasteiger partial charge in [0.1, 0.15) is 17.5 Å². The summed E-state index contributed by atoms with van der Waals surface area (Å²) < 4.78 is 12.1. The topological polar surface area (TPSA) is 129 Å². The van der Waals surface area contributed by atoms with E-state index >= 15 is 0 Å². The molecule has 1 fully saturated rings. The second kappa shape index (κ2) is 9.37. The van der Waals surface area contributed by atoms with Crippen molar-refractivity contribution in [3.8, 4) is 6.07 Å². The SMILES string of the molecule is CCC(CC)Nc1nc(Nc2ccc(B3OC(C)(C)C(C)(C)O3)c(C(=O)O)c2)ncc1C#N. The van der Waals surface area contributed by atoms with Crippen molar-refractivity contribution in [1.29, 1.82) is 5.26 Å². The molecule has 0 bridgehead atoms. The van der Waals surface area contributed by atoms with Crippen LogP contribution < -0.4 is 16.1 Å². The number of aromatic carboxylic acids is 1. The van der Waals surface area contributed by atoms with Crippen LogP contribution in [0, 0.1) is 11.3 Å². The molecule has 1 saturated heterocycles. The summed E-state index contributed by atoms with van der Waals surface area (Å²) in [6.45, 7) is 11.8. The fourth-order valence-electron chi connectivity index (χ4n) is 3.44. The monoisotopic (exact) mass is 451 g/mol. The van der Waals surface area contributed by atoms with Crippen molar-refractivity contribution in [3.05, 3.63) is 35.5 Å². The molecule has 3 N–H and O–H groups in total. The summed E-state index contributed by atoms with van der Waals surface area (Å²) >= 11 is 0. The van der Waals surface area contributed by atoms with Crippen LogP contribution in [0.1, 0.15) is 70.3 Å². The smallest absolute Gasteiger partial charge is 0.478 e. The van der Waals surface area contributed by atoms with E-state index in [-0.39, 0.29) is 17.6 Å². The maximum atomic E-state index is 12.0. The quantitative estimate of drug-likeness (QED) is 0.515. The molecule has 0 radical (unpaired) electrons. The maximum absolute atomic E-state index is 12.0. The molecular formula is C23H30BN5O4. The fourth-order valence-corrected chi connectivity index (χ4v) is 3.44. The summed E-state index contributed by atoms with van der Waals surface area (Å²) in [4.78, 5) is 20.6. The zero-order valence-electron chi connectivity index (χ0n) is 19.9. The molecular weight excluding hydrogens is 421 g/mol. The van der Waals surface area contributed by atoms with E-state index in [1.165, 1.54) is 12.3 Å². The molecule has 1 aliphatic rings. The van der Waals surface area contributed by atoms with Crippen LogP contribution in [0.25, 0.3) is 0 Å². The Bertz CT molecular complexity index is 1060. The van der Waals surface area contributed by atoms with E-state index in [9.17, 15) is 15.2 Å². The van der Waals surface area contributed by atoms with Crippen LogP contribution in [-0.4, -0.2) is 45.4 Å². The van der Waals surface area contributed by atoms with Crippen LogP contribution in [0.15, 0.2) is 24.4 Å². The Morgan fingerprint density at radius 2 is 1.85 bits per heavy atom. The van der Waals surface area contributed by atoms with E-state index in [1.807, 2.05) is 27.7 Å². The molecule has 174 valence electrons. The summed E-state index contributed by atoms with van der Waals surface area (Å²) in [6, 6.07) is 7.16. The minimum atomic E-state index is -1.10. The van der Waals surface area contributed by atoms with Gasteiger partial charge < -0.3 is 25.0 Å². The molecule has 1 aromatic carbocycles. The minimum Gasteiger partial charge on any atom is -0.478 e. The van der Waals surface area contributed by atoms with Crippen molar-refractivity contribution in [2.24, 2.45) is 0 Å². The summed E-state index contributed by atoms with van der Waals surface area (Å²) in [6.07, 6.45) is 3.21. The molecule has 0 amide bonds. The zero-order chi connectivity index (χ0) is 24.4. The van der Waals surface area contributed by atoms with Gasteiger partial charge in [0.15, 0.2) is 0 Å². The summed E-state index contributed by atoms with van der Waals surface area (Å²) in [7, 11) is -0.794. The number of carboxylic acids is 1. The van der Waals surface area contributed by atoms with Crippen molar-refractivity contribution in [3.63, 3.8) is 0 Å². The van der Waals surface area contributed by atoms with Gasteiger partial charge in [-0.1, -0.05) is 19.9 Å². The minimum absolute atomic E-state index is 0.0579. The van der Waals surface area contributed by atoms with Crippen LogP contribution >= 0.6 is 0 Å². The van der Waals surface area contributed by atoms with E-state index in [0.717, 1.165) is 12.8 Å². The molecule has 0 spiro atoms. The van der Waals surface area contributed by atoms with Crippen LogP contribution in [0.5, 0.6) is 0 Å². The molecule has 1 aromatic heterocycles. The lowest BCUT2D eigenvalue weighted by atomic mass is 9.75. The summed E-state index contributed by atoms with van der Waals surface area (Å²) in [5.41, 5.74) is 0.157. The molecule has 0 saturated carbocycles. The first-order chi connectivity index (χ1) is 15.5. The third kappa shape index (κ3) is 5.10. The number of nitrogens with zero attached hydrogens (tertiary/aromatic N) is 3. The van der Waals surface area contributed by atoms with E-state index in [4.69, 9.17) is 9.31 Å². The highest BCUT2D eigenvalue weighted by Crippen LogP contribution is 2.37. The van der Waals surface area contributed by atoms with Crippen molar-refractivity contribution in [1.82, 2.24) is 9.97 Å². The third-order valence-corrected chi connectivity index (χ3v) is 6.28. The van der Waals surface area contributed by atoms with Crippen LogP contribution in [0.2, 0.25) is 0 Å². The van der Waals surface area contributed by atoms with E-state index in [0.29, 0.717) is 22.5 Å².